The zero-order chi connectivity index (χ0) is 12.0. The summed E-state index contributed by atoms with van der Waals surface area (Å²) in [6.45, 7) is 6.92. The Balaban J connectivity index is 2.66. The first-order valence-corrected chi connectivity index (χ1v) is 5.21. The van der Waals surface area contributed by atoms with Crippen molar-refractivity contribution in [2.45, 2.75) is 26.9 Å². The van der Waals surface area contributed by atoms with Gasteiger partial charge in [-0.05, 0) is 20.8 Å². The summed E-state index contributed by atoms with van der Waals surface area (Å²) in [4.78, 5) is 8.02. The van der Waals surface area contributed by atoms with E-state index in [1.807, 2.05) is 20.8 Å². The van der Waals surface area contributed by atoms with Crippen molar-refractivity contribution >= 4 is 5.82 Å². The molecule has 3 N–H and O–H groups in total. The van der Waals surface area contributed by atoms with Gasteiger partial charge in [-0.25, -0.2) is 15.8 Å². The molecule has 0 radical (unpaired) electrons. The number of rotatable bonds is 6. The molecule has 0 aliphatic carbocycles. The summed E-state index contributed by atoms with van der Waals surface area (Å²) in [5.74, 6) is 6.40. The molecule has 0 fully saturated rings. The Bertz CT molecular complexity index is 333. The van der Waals surface area contributed by atoms with Crippen LogP contribution in [0.4, 0.5) is 5.82 Å². The zero-order valence-electron chi connectivity index (χ0n) is 9.86. The van der Waals surface area contributed by atoms with E-state index in [4.69, 9.17) is 15.3 Å². The maximum absolute atomic E-state index is 5.62. The molecular weight excluding hydrogens is 208 g/mol. The molecule has 0 spiro atoms. The largest absolute Gasteiger partial charge is 0.472 e. The Kier molecular flexibility index (Phi) is 4.94. The van der Waals surface area contributed by atoms with Crippen LogP contribution in [-0.4, -0.2) is 29.3 Å². The molecule has 0 saturated heterocycles. The van der Waals surface area contributed by atoms with Crippen LogP contribution in [0.25, 0.3) is 0 Å². The predicted molar refractivity (Wildman–Crippen MR) is 61.2 cm³/mol. The highest BCUT2D eigenvalue weighted by atomic mass is 16.5. The Morgan fingerprint density at radius 3 is 2.88 bits per heavy atom. The lowest BCUT2D eigenvalue weighted by Gasteiger charge is -2.15. The summed E-state index contributed by atoms with van der Waals surface area (Å²) in [6.07, 6.45) is 1.35. The van der Waals surface area contributed by atoms with Crippen LogP contribution in [0.3, 0.4) is 0 Å². The lowest BCUT2D eigenvalue weighted by Crippen LogP contribution is -2.21. The van der Waals surface area contributed by atoms with Gasteiger partial charge < -0.3 is 14.9 Å². The quantitative estimate of drug-likeness (QED) is 0.553. The van der Waals surface area contributed by atoms with Crippen molar-refractivity contribution in [3.05, 3.63) is 11.9 Å². The molecule has 1 aromatic heterocycles. The summed E-state index contributed by atoms with van der Waals surface area (Å²) < 4.78 is 10.9. The van der Waals surface area contributed by atoms with Crippen LogP contribution >= 0.6 is 0 Å². The van der Waals surface area contributed by atoms with Gasteiger partial charge >= 0.3 is 0 Å². The first-order valence-electron chi connectivity index (χ1n) is 5.21. The molecule has 6 heteroatoms. The van der Waals surface area contributed by atoms with Gasteiger partial charge in [0.05, 0.1) is 12.2 Å². The van der Waals surface area contributed by atoms with Crippen LogP contribution in [0.2, 0.25) is 0 Å². The van der Waals surface area contributed by atoms with E-state index in [1.165, 1.54) is 6.33 Å². The smallest absolute Gasteiger partial charge is 0.221 e. The Labute approximate surface area is 95.1 Å². The summed E-state index contributed by atoms with van der Waals surface area (Å²) >= 11 is 0. The van der Waals surface area contributed by atoms with Crippen molar-refractivity contribution in [2.24, 2.45) is 5.84 Å². The standard InChI is InChI=1S/C10H18N4O2/c1-4-15-5-7(2)16-10-8(3)9(14-11)12-6-13-10/h6-7H,4-5,11H2,1-3H3,(H,12,13,14). The SMILES string of the molecule is CCOCC(C)Oc1ncnc(NN)c1C. The molecule has 0 aromatic carbocycles. The second-order valence-corrected chi connectivity index (χ2v) is 3.38. The minimum atomic E-state index is -0.0563. The normalized spacial score (nSPS) is 12.2. The van der Waals surface area contributed by atoms with E-state index in [0.717, 1.165) is 5.56 Å². The molecular formula is C10H18N4O2. The van der Waals surface area contributed by atoms with Crippen molar-refractivity contribution in [1.82, 2.24) is 9.97 Å². The molecule has 1 rings (SSSR count). The Morgan fingerprint density at radius 2 is 2.25 bits per heavy atom. The number of aromatic nitrogens is 2. The molecule has 1 aromatic rings. The molecule has 0 bridgehead atoms. The highest BCUT2D eigenvalue weighted by Crippen LogP contribution is 2.20. The van der Waals surface area contributed by atoms with Gasteiger partial charge in [0.1, 0.15) is 18.2 Å². The number of nitrogens with two attached hydrogens (primary N) is 1. The monoisotopic (exact) mass is 226 g/mol. The number of nitrogens with zero attached hydrogens (tertiary/aromatic N) is 2. The van der Waals surface area contributed by atoms with E-state index in [9.17, 15) is 0 Å². The zero-order valence-corrected chi connectivity index (χ0v) is 9.86. The third-order valence-electron chi connectivity index (χ3n) is 2.04. The lowest BCUT2D eigenvalue weighted by molar-refractivity contribution is 0.0629. The van der Waals surface area contributed by atoms with Crippen molar-refractivity contribution in [3.63, 3.8) is 0 Å². The average molecular weight is 226 g/mol. The topological polar surface area (TPSA) is 82.3 Å². The number of ether oxygens (including phenoxy) is 2. The van der Waals surface area contributed by atoms with Gasteiger partial charge in [0.2, 0.25) is 5.88 Å². The first-order chi connectivity index (χ1) is 7.69. The summed E-state index contributed by atoms with van der Waals surface area (Å²) in [5, 5.41) is 0. The molecule has 0 saturated carbocycles. The van der Waals surface area contributed by atoms with Crippen LogP contribution in [0.15, 0.2) is 6.33 Å². The average Bonchev–Trinajstić information content (AvgIpc) is 2.29. The van der Waals surface area contributed by atoms with Crippen LogP contribution in [0.5, 0.6) is 5.88 Å². The molecule has 0 aliphatic heterocycles. The lowest BCUT2D eigenvalue weighted by atomic mass is 10.3. The summed E-state index contributed by atoms with van der Waals surface area (Å²) in [6, 6.07) is 0. The summed E-state index contributed by atoms with van der Waals surface area (Å²) in [7, 11) is 0. The van der Waals surface area contributed by atoms with Crippen LogP contribution < -0.4 is 16.0 Å². The molecule has 1 atom stereocenters. The van der Waals surface area contributed by atoms with Crippen molar-refractivity contribution < 1.29 is 9.47 Å². The first kappa shape index (κ1) is 12.7. The number of hydrogen-bond acceptors (Lipinski definition) is 6. The van der Waals surface area contributed by atoms with Gasteiger partial charge in [-0.1, -0.05) is 0 Å². The fourth-order valence-electron chi connectivity index (χ4n) is 1.21. The van der Waals surface area contributed by atoms with E-state index in [2.05, 4.69) is 15.4 Å². The van der Waals surface area contributed by atoms with Gasteiger partial charge in [-0.15, -0.1) is 0 Å². The van der Waals surface area contributed by atoms with Crippen molar-refractivity contribution in [1.29, 1.82) is 0 Å². The Hall–Kier alpha value is -1.40. The molecule has 1 unspecified atom stereocenters. The van der Waals surface area contributed by atoms with Crippen molar-refractivity contribution in [2.75, 3.05) is 18.6 Å². The number of hydrogen-bond donors (Lipinski definition) is 2. The fraction of sp³-hybridized carbons (Fsp3) is 0.600. The fourth-order valence-corrected chi connectivity index (χ4v) is 1.21. The molecule has 1 heterocycles. The Morgan fingerprint density at radius 1 is 1.50 bits per heavy atom. The van der Waals surface area contributed by atoms with Crippen LogP contribution in [0, 0.1) is 6.92 Å². The maximum atomic E-state index is 5.62. The van der Waals surface area contributed by atoms with Crippen molar-refractivity contribution in [3.8, 4) is 5.88 Å². The maximum Gasteiger partial charge on any atom is 0.221 e. The number of anilines is 1. The van der Waals surface area contributed by atoms with Gasteiger partial charge in [0, 0.05) is 6.61 Å². The third-order valence-corrected chi connectivity index (χ3v) is 2.04. The highest BCUT2D eigenvalue weighted by molar-refractivity contribution is 5.46. The number of nitrogens with one attached hydrogen (secondary N) is 1. The van der Waals surface area contributed by atoms with Gasteiger partial charge in [-0.2, -0.15) is 0 Å². The van der Waals surface area contributed by atoms with Gasteiger partial charge in [0.15, 0.2) is 0 Å². The molecule has 90 valence electrons. The van der Waals surface area contributed by atoms with E-state index in [0.29, 0.717) is 24.9 Å². The molecule has 16 heavy (non-hydrogen) atoms. The third kappa shape index (κ3) is 3.32. The number of hydrazine groups is 1. The van der Waals surface area contributed by atoms with Crippen LogP contribution in [-0.2, 0) is 4.74 Å². The molecule has 0 aliphatic rings. The van der Waals surface area contributed by atoms with E-state index >= 15 is 0 Å². The van der Waals surface area contributed by atoms with E-state index in [1.54, 1.807) is 0 Å². The van der Waals surface area contributed by atoms with E-state index in [-0.39, 0.29) is 6.10 Å². The van der Waals surface area contributed by atoms with Crippen LogP contribution in [0.1, 0.15) is 19.4 Å². The minimum absolute atomic E-state index is 0.0563. The second kappa shape index (κ2) is 6.24. The predicted octanol–water partition coefficient (Wildman–Crippen LogP) is 0.874. The van der Waals surface area contributed by atoms with E-state index < -0.39 is 0 Å². The van der Waals surface area contributed by atoms with Gasteiger partial charge in [-0.3, -0.25) is 0 Å². The summed E-state index contributed by atoms with van der Waals surface area (Å²) in [5.41, 5.74) is 3.28. The highest BCUT2D eigenvalue weighted by Gasteiger charge is 2.10. The molecule has 0 amide bonds. The van der Waals surface area contributed by atoms with Gasteiger partial charge in [0.25, 0.3) is 0 Å². The number of nitrogen functional groups attached to an aromatic ring is 1. The minimum Gasteiger partial charge on any atom is -0.472 e. The second-order valence-electron chi connectivity index (χ2n) is 3.38. The molecule has 6 nitrogen and oxygen atoms in total.